The smallest absolute Gasteiger partial charge is 0.872 e. The second kappa shape index (κ2) is 12.5. The van der Waals surface area contributed by atoms with Gasteiger partial charge in [-0.2, -0.15) is 8.42 Å². The topological polar surface area (TPSA) is 86.7 Å². The van der Waals surface area contributed by atoms with Crippen LogP contribution in [0.25, 0.3) is 0 Å². The standard InChI is InChI=1S/C21H28O5S.Na/c1-2-3-4-5-6-7-8-10-17-13-18(22)15-20(14-17)26-19-11-9-12-21(16-19)27(23,24)25;/h9,11-16,22H,2-8,10H2,1H3,(H,23,24,25);/q;+1/p-1. The molecule has 0 heterocycles. The number of ether oxygens (including phenoxy) is 1. The van der Waals surface area contributed by atoms with Gasteiger partial charge in [0.2, 0.25) is 0 Å². The van der Waals surface area contributed by atoms with Crippen molar-refractivity contribution in [2.75, 3.05) is 0 Å². The second-order valence-electron chi connectivity index (χ2n) is 6.74. The summed E-state index contributed by atoms with van der Waals surface area (Å²) >= 11 is 0. The van der Waals surface area contributed by atoms with Crippen LogP contribution in [0, 0.1) is 0 Å². The van der Waals surface area contributed by atoms with Crippen LogP contribution in [-0.4, -0.2) is 13.0 Å². The van der Waals surface area contributed by atoms with Crippen LogP contribution in [0.5, 0.6) is 17.2 Å². The molecule has 7 heteroatoms. The Bertz CT molecular complexity index is 836. The van der Waals surface area contributed by atoms with E-state index in [1.54, 1.807) is 18.2 Å². The van der Waals surface area contributed by atoms with Crippen molar-refractivity contribution in [3.05, 3.63) is 48.0 Å². The van der Waals surface area contributed by atoms with E-state index in [0.717, 1.165) is 24.8 Å². The van der Waals surface area contributed by atoms with Crippen LogP contribution < -0.4 is 39.4 Å². The van der Waals surface area contributed by atoms with Crippen LogP contribution >= 0.6 is 0 Å². The average Bonchev–Trinajstić information content (AvgIpc) is 2.60. The van der Waals surface area contributed by atoms with Gasteiger partial charge in [-0.25, -0.2) is 0 Å². The number of hydrogen-bond acceptors (Lipinski definition) is 4. The number of rotatable bonds is 11. The molecule has 0 bridgehead atoms. The first-order chi connectivity index (χ1) is 12.9. The van der Waals surface area contributed by atoms with Gasteiger partial charge in [-0.1, -0.05) is 57.6 Å². The molecule has 2 aromatic rings. The molecule has 0 spiro atoms. The second-order valence-corrected chi connectivity index (χ2v) is 8.16. The maximum absolute atomic E-state index is 11.9. The SMILES string of the molecule is CCCCCCCCCc1cc([O-])cc(Oc2cccc(S(=O)(=O)O)c2)c1.[Na+]. The van der Waals surface area contributed by atoms with Gasteiger partial charge in [0, 0.05) is 6.07 Å². The molecule has 28 heavy (non-hydrogen) atoms. The normalized spacial score (nSPS) is 11.1. The van der Waals surface area contributed by atoms with Gasteiger partial charge in [-0.15, -0.1) is 5.75 Å². The minimum atomic E-state index is -4.30. The fourth-order valence-electron chi connectivity index (χ4n) is 2.95. The number of aryl methyl sites for hydroxylation is 1. The molecule has 0 radical (unpaired) electrons. The summed E-state index contributed by atoms with van der Waals surface area (Å²) < 4.78 is 37.2. The molecule has 0 amide bonds. The van der Waals surface area contributed by atoms with E-state index in [0.29, 0.717) is 5.75 Å². The summed E-state index contributed by atoms with van der Waals surface area (Å²) in [7, 11) is -4.30. The molecule has 0 aliphatic rings. The van der Waals surface area contributed by atoms with E-state index >= 15 is 0 Å². The monoisotopic (exact) mass is 414 g/mol. The van der Waals surface area contributed by atoms with Crippen molar-refractivity contribution < 1.29 is 52.4 Å². The Morgan fingerprint density at radius 2 is 1.61 bits per heavy atom. The van der Waals surface area contributed by atoms with Crippen molar-refractivity contribution in [2.24, 2.45) is 0 Å². The molecule has 2 aromatic carbocycles. The molecule has 2 rings (SSSR count). The summed E-state index contributed by atoms with van der Waals surface area (Å²) in [4.78, 5) is -0.249. The third-order valence-electron chi connectivity index (χ3n) is 4.35. The summed E-state index contributed by atoms with van der Waals surface area (Å²) in [6, 6.07) is 10.3. The van der Waals surface area contributed by atoms with Gasteiger partial charge in [0.05, 0.1) is 4.90 Å². The summed E-state index contributed by atoms with van der Waals surface area (Å²) in [5.74, 6) is 0.474. The zero-order valence-corrected chi connectivity index (χ0v) is 19.5. The van der Waals surface area contributed by atoms with E-state index in [1.807, 2.05) is 0 Å². The van der Waals surface area contributed by atoms with Gasteiger partial charge in [0.25, 0.3) is 10.1 Å². The Morgan fingerprint density at radius 3 is 2.29 bits per heavy atom. The molecule has 0 aromatic heterocycles. The fourth-order valence-corrected chi connectivity index (χ4v) is 3.47. The van der Waals surface area contributed by atoms with Crippen molar-refractivity contribution in [2.45, 2.75) is 63.2 Å². The van der Waals surface area contributed by atoms with E-state index in [-0.39, 0.29) is 46.0 Å². The average molecular weight is 414 g/mol. The number of unbranched alkanes of at least 4 members (excludes halogenated alkanes) is 6. The van der Waals surface area contributed by atoms with Crippen molar-refractivity contribution in [1.82, 2.24) is 0 Å². The third-order valence-corrected chi connectivity index (χ3v) is 5.20. The molecular formula is C21H27NaO5S. The molecule has 5 nitrogen and oxygen atoms in total. The maximum Gasteiger partial charge on any atom is 1.00 e. The molecular weight excluding hydrogens is 387 g/mol. The predicted octanol–water partition coefficient (Wildman–Crippen LogP) is 2.10. The van der Waals surface area contributed by atoms with Crippen LogP contribution in [0.15, 0.2) is 47.4 Å². The van der Waals surface area contributed by atoms with Crippen molar-refractivity contribution in [1.29, 1.82) is 0 Å². The van der Waals surface area contributed by atoms with Gasteiger partial charge in [0.15, 0.2) is 0 Å². The number of benzene rings is 2. The van der Waals surface area contributed by atoms with Crippen LogP contribution in [0.2, 0.25) is 0 Å². The first-order valence-electron chi connectivity index (χ1n) is 9.45. The van der Waals surface area contributed by atoms with Crippen LogP contribution in [0.1, 0.15) is 57.4 Å². The molecule has 0 saturated carbocycles. The summed E-state index contributed by atoms with van der Waals surface area (Å²) in [5, 5.41) is 11.9. The minimum Gasteiger partial charge on any atom is -0.872 e. The largest absolute Gasteiger partial charge is 1.00 e. The van der Waals surface area contributed by atoms with Crippen LogP contribution in [0.3, 0.4) is 0 Å². The quantitative estimate of drug-likeness (QED) is 0.346. The van der Waals surface area contributed by atoms with Gasteiger partial charge in [-0.05, 0) is 42.7 Å². The Kier molecular flexibility index (Phi) is 11.2. The third kappa shape index (κ3) is 8.97. The molecule has 0 unspecified atom stereocenters. The van der Waals surface area contributed by atoms with Gasteiger partial charge >= 0.3 is 29.6 Å². The Labute approximate surface area is 190 Å². The Hall–Kier alpha value is -1.05. The van der Waals surface area contributed by atoms with Gasteiger partial charge < -0.3 is 9.84 Å². The van der Waals surface area contributed by atoms with Crippen LogP contribution in [-0.2, 0) is 16.5 Å². The molecule has 0 fully saturated rings. The van der Waals surface area contributed by atoms with E-state index in [1.165, 1.54) is 56.4 Å². The predicted molar refractivity (Wildman–Crippen MR) is 104 cm³/mol. The number of hydrogen-bond donors (Lipinski definition) is 1. The first-order valence-corrected chi connectivity index (χ1v) is 10.9. The molecule has 0 aliphatic carbocycles. The zero-order valence-electron chi connectivity index (χ0n) is 16.7. The van der Waals surface area contributed by atoms with Gasteiger partial charge in [-0.3, -0.25) is 4.55 Å². The molecule has 0 aliphatic heterocycles. The van der Waals surface area contributed by atoms with Gasteiger partial charge in [0.1, 0.15) is 11.5 Å². The summed E-state index contributed by atoms with van der Waals surface area (Å²) in [5.41, 5.74) is 0.914. The van der Waals surface area contributed by atoms with Crippen molar-refractivity contribution in [3.63, 3.8) is 0 Å². The van der Waals surface area contributed by atoms with E-state index in [9.17, 15) is 13.5 Å². The molecule has 148 valence electrons. The zero-order chi connectivity index (χ0) is 19.7. The summed E-state index contributed by atoms with van der Waals surface area (Å²) in [6.45, 7) is 2.20. The van der Waals surface area contributed by atoms with E-state index in [2.05, 4.69) is 6.92 Å². The Balaban J connectivity index is 0.00000392. The van der Waals surface area contributed by atoms with E-state index < -0.39 is 10.1 Å². The van der Waals surface area contributed by atoms with E-state index in [4.69, 9.17) is 9.29 Å². The Morgan fingerprint density at radius 1 is 0.929 bits per heavy atom. The molecule has 0 saturated heterocycles. The fraction of sp³-hybridized carbons (Fsp3) is 0.429. The minimum absolute atomic E-state index is 0. The van der Waals surface area contributed by atoms with Crippen molar-refractivity contribution >= 4 is 10.1 Å². The maximum atomic E-state index is 11.9. The van der Waals surface area contributed by atoms with Crippen molar-refractivity contribution in [3.8, 4) is 17.2 Å². The molecule has 0 atom stereocenters. The van der Waals surface area contributed by atoms with Crippen LogP contribution in [0.4, 0.5) is 0 Å². The first kappa shape index (κ1) is 25.0. The summed E-state index contributed by atoms with van der Waals surface area (Å²) in [6.07, 6.45) is 9.26. The molecule has 1 N–H and O–H groups in total.